The number of sulfonamides is 1. The molecule has 3 aromatic rings. The molecule has 0 spiro atoms. The van der Waals surface area contributed by atoms with E-state index in [1.807, 2.05) is 48.5 Å². The van der Waals surface area contributed by atoms with Crippen molar-refractivity contribution in [2.45, 2.75) is 17.9 Å². The highest BCUT2D eigenvalue weighted by Gasteiger charge is 2.18. The molecule has 0 radical (unpaired) electrons. The molecular formula is C20H21NO4S. The zero-order chi connectivity index (χ0) is 18.6. The highest BCUT2D eigenvalue weighted by molar-refractivity contribution is 7.89. The van der Waals surface area contributed by atoms with E-state index >= 15 is 0 Å². The minimum absolute atomic E-state index is 0.224. The summed E-state index contributed by atoms with van der Waals surface area (Å²) in [6.07, 6.45) is 0. The Kier molecular flexibility index (Phi) is 5.44. The molecule has 136 valence electrons. The zero-order valence-electron chi connectivity index (χ0n) is 14.7. The number of hydrogen-bond acceptors (Lipinski definition) is 4. The van der Waals surface area contributed by atoms with Crippen LogP contribution in [0, 0.1) is 0 Å². The lowest BCUT2D eigenvalue weighted by Gasteiger charge is -2.15. The Labute approximate surface area is 153 Å². The van der Waals surface area contributed by atoms with Gasteiger partial charge in [0.15, 0.2) is 0 Å². The van der Waals surface area contributed by atoms with Crippen LogP contribution in [0.15, 0.2) is 71.6 Å². The van der Waals surface area contributed by atoms with E-state index in [4.69, 9.17) is 9.47 Å². The van der Waals surface area contributed by atoms with Crippen molar-refractivity contribution < 1.29 is 17.9 Å². The standard InChI is InChI=1S/C20H21NO4S/c1-15(14-25-18-6-4-3-5-7-18)21-26(22,23)20-11-9-16-12-19(24-2)10-8-17(16)13-20/h3-13,15,21H,14H2,1-2H3/t15-/m1/s1. The predicted octanol–water partition coefficient (Wildman–Crippen LogP) is 3.59. The molecule has 0 unspecified atom stereocenters. The first-order valence-electron chi connectivity index (χ1n) is 8.26. The van der Waals surface area contributed by atoms with Crippen LogP contribution in [-0.4, -0.2) is 28.2 Å². The topological polar surface area (TPSA) is 64.6 Å². The normalized spacial score (nSPS) is 12.7. The summed E-state index contributed by atoms with van der Waals surface area (Å²) in [6.45, 7) is 2.01. The van der Waals surface area contributed by atoms with Gasteiger partial charge in [0.1, 0.15) is 18.1 Å². The van der Waals surface area contributed by atoms with E-state index in [1.165, 1.54) is 0 Å². The van der Waals surface area contributed by atoms with Crippen LogP contribution >= 0.6 is 0 Å². The van der Waals surface area contributed by atoms with Crippen molar-refractivity contribution >= 4 is 20.8 Å². The van der Waals surface area contributed by atoms with E-state index in [-0.39, 0.29) is 17.5 Å². The first-order chi connectivity index (χ1) is 12.5. The summed E-state index contributed by atoms with van der Waals surface area (Å²) in [4.78, 5) is 0.224. The van der Waals surface area contributed by atoms with Gasteiger partial charge in [-0.15, -0.1) is 0 Å². The fourth-order valence-corrected chi connectivity index (χ4v) is 3.86. The Morgan fingerprint density at radius 1 is 0.923 bits per heavy atom. The molecule has 0 aliphatic heterocycles. The van der Waals surface area contributed by atoms with Crippen LogP contribution in [0.1, 0.15) is 6.92 Å². The van der Waals surface area contributed by atoms with Crippen LogP contribution in [0.2, 0.25) is 0 Å². The van der Waals surface area contributed by atoms with Gasteiger partial charge in [-0.3, -0.25) is 0 Å². The smallest absolute Gasteiger partial charge is 0.240 e. The average molecular weight is 371 g/mol. The molecule has 6 heteroatoms. The maximum absolute atomic E-state index is 12.6. The van der Waals surface area contributed by atoms with Crippen molar-refractivity contribution in [1.29, 1.82) is 0 Å². The number of rotatable bonds is 7. The molecule has 0 bridgehead atoms. The largest absolute Gasteiger partial charge is 0.497 e. The lowest BCUT2D eigenvalue weighted by molar-refractivity contribution is 0.287. The first kappa shape index (κ1) is 18.2. The molecule has 0 aliphatic rings. The second-order valence-electron chi connectivity index (χ2n) is 6.02. The molecule has 3 rings (SSSR count). The van der Waals surface area contributed by atoms with Crippen LogP contribution in [0.5, 0.6) is 11.5 Å². The second kappa shape index (κ2) is 7.76. The summed E-state index contributed by atoms with van der Waals surface area (Å²) in [5.41, 5.74) is 0. The van der Waals surface area contributed by atoms with Gasteiger partial charge in [-0.05, 0) is 54.1 Å². The number of fused-ring (bicyclic) bond motifs is 1. The average Bonchev–Trinajstić information content (AvgIpc) is 2.66. The lowest BCUT2D eigenvalue weighted by atomic mass is 10.1. The van der Waals surface area contributed by atoms with Crippen molar-refractivity contribution in [1.82, 2.24) is 4.72 Å². The van der Waals surface area contributed by atoms with Crippen LogP contribution < -0.4 is 14.2 Å². The molecule has 0 heterocycles. The van der Waals surface area contributed by atoms with Gasteiger partial charge >= 0.3 is 0 Å². The van der Waals surface area contributed by atoms with Gasteiger partial charge in [0, 0.05) is 0 Å². The summed E-state index contributed by atoms with van der Waals surface area (Å²) in [5.74, 6) is 1.44. The Hall–Kier alpha value is -2.57. The molecule has 5 nitrogen and oxygen atoms in total. The quantitative estimate of drug-likeness (QED) is 0.689. The van der Waals surface area contributed by atoms with Crippen molar-refractivity contribution in [3.8, 4) is 11.5 Å². The van der Waals surface area contributed by atoms with Gasteiger partial charge < -0.3 is 9.47 Å². The van der Waals surface area contributed by atoms with Crippen molar-refractivity contribution in [3.05, 3.63) is 66.7 Å². The predicted molar refractivity (Wildman–Crippen MR) is 102 cm³/mol. The van der Waals surface area contributed by atoms with Crippen LogP contribution in [0.25, 0.3) is 10.8 Å². The van der Waals surface area contributed by atoms with Gasteiger partial charge in [0.2, 0.25) is 10.0 Å². The van der Waals surface area contributed by atoms with Crippen molar-refractivity contribution in [3.63, 3.8) is 0 Å². The fourth-order valence-electron chi connectivity index (χ4n) is 2.60. The maximum Gasteiger partial charge on any atom is 0.240 e. The van der Waals surface area contributed by atoms with Crippen molar-refractivity contribution in [2.75, 3.05) is 13.7 Å². The second-order valence-corrected chi connectivity index (χ2v) is 7.74. The minimum atomic E-state index is -3.63. The third-order valence-corrected chi connectivity index (χ3v) is 5.52. The third kappa shape index (κ3) is 4.33. The molecule has 0 aromatic heterocycles. The maximum atomic E-state index is 12.6. The zero-order valence-corrected chi connectivity index (χ0v) is 15.5. The van der Waals surface area contributed by atoms with Gasteiger partial charge in [-0.1, -0.05) is 30.3 Å². The van der Waals surface area contributed by atoms with Gasteiger partial charge in [-0.25, -0.2) is 13.1 Å². The van der Waals surface area contributed by atoms with Crippen molar-refractivity contribution in [2.24, 2.45) is 0 Å². The first-order valence-corrected chi connectivity index (χ1v) is 9.74. The molecular weight excluding hydrogens is 350 g/mol. The summed E-state index contributed by atoms with van der Waals surface area (Å²) in [6, 6.07) is 19.5. The fraction of sp³-hybridized carbons (Fsp3) is 0.200. The Balaban J connectivity index is 1.71. The van der Waals surface area contributed by atoms with E-state index in [0.717, 1.165) is 16.5 Å². The number of hydrogen-bond donors (Lipinski definition) is 1. The lowest BCUT2D eigenvalue weighted by Crippen LogP contribution is -2.36. The van der Waals surface area contributed by atoms with Gasteiger partial charge in [0.05, 0.1) is 18.0 Å². The van der Waals surface area contributed by atoms with Gasteiger partial charge in [-0.2, -0.15) is 0 Å². The number of ether oxygens (including phenoxy) is 2. The number of nitrogens with one attached hydrogen (secondary N) is 1. The number of para-hydroxylation sites is 1. The Morgan fingerprint density at radius 3 is 2.35 bits per heavy atom. The monoisotopic (exact) mass is 371 g/mol. The van der Waals surface area contributed by atoms with Crippen LogP contribution in [0.4, 0.5) is 0 Å². The summed E-state index contributed by atoms with van der Waals surface area (Å²) >= 11 is 0. The molecule has 0 fully saturated rings. The van der Waals surface area contributed by atoms with Crippen LogP contribution in [-0.2, 0) is 10.0 Å². The summed E-state index contributed by atoms with van der Waals surface area (Å²) in [7, 11) is -2.03. The molecule has 0 saturated heterocycles. The van der Waals surface area contributed by atoms with E-state index < -0.39 is 10.0 Å². The number of benzene rings is 3. The Bertz CT molecular complexity index is 987. The third-order valence-electron chi connectivity index (χ3n) is 3.93. The highest BCUT2D eigenvalue weighted by Crippen LogP contribution is 2.23. The Morgan fingerprint density at radius 2 is 1.62 bits per heavy atom. The van der Waals surface area contributed by atoms with E-state index in [2.05, 4.69) is 4.72 Å². The summed E-state index contributed by atoms with van der Waals surface area (Å²) in [5, 5.41) is 1.76. The van der Waals surface area contributed by atoms with Gasteiger partial charge in [0.25, 0.3) is 0 Å². The SMILES string of the molecule is COc1ccc2cc(S(=O)(=O)N[C@H](C)COc3ccccc3)ccc2c1. The molecule has 0 saturated carbocycles. The highest BCUT2D eigenvalue weighted by atomic mass is 32.2. The van der Waals surface area contributed by atoms with E-state index in [1.54, 1.807) is 32.2 Å². The van der Waals surface area contributed by atoms with E-state index in [0.29, 0.717) is 5.75 Å². The van der Waals surface area contributed by atoms with Crippen LogP contribution in [0.3, 0.4) is 0 Å². The number of methoxy groups -OCH3 is 1. The minimum Gasteiger partial charge on any atom is -0.497 e. The molecule has 0 amide bonds. The summed E-state index contributed by atoms with van der Waals surface area (Å²) < 4.78 is 38.7. The molecule has 3 aromatic carbocycles. The molecule has 1 atom stereocenters. The molecule has 1 N–H and O–H groups in total. The molecule has 26 heavy (non-hydrogen) atoms. The molecule has 0 aliphatic carbocycles. The van der Waals surface area contributed by atoms with E-state index in [9.17, 15) is 8.42 Å².